The summed E-state index contributed by atoms with van der Waals surface area (Å²) in [5, 5.41) is 2.86. The minimum atomic E-state index is -0.667. The normalized spacial score (nSPS) is 11.9. The van der Waals surface area contributed by atoms with Gasteiger partial charge in [0.25, 0.3) is 0 Å². The quantitative estimate of drug-likeness (QED) is 0.911. The molecule has 19 heavy (non-hydrogen) atoms. The van der Waals surface area contributed by atoms with E-state index in [1.165, 1.54) is 0 Å². The van der Waals surface area contributed by atoms with Gasteiger partial charge in [0.2, 0.25) is 5.91 Å². The van der Waals surface area contributed by atoms with Crippen LogP contribution in [0, 0.1) is 6.92 Å². The van der Waals surface area contributed by atoms with Crippen LogP contribution >= 0.6 is 15.9 Å². The minimum Gasteiger partial charge on any atom is -0.324 e. The van der Waals surface area contributed by atoms with E-state index in [2.05, 4.69) is 21.2 Å². The van der Waals surface area contributed by atoms with Crippen LogP contribution in [0.15, 0.2) is 53.0 Å². The lowest BCUT2D eigenvalue weighted by atomic mass is 10.1. The summed E-state index contributed by atoms with van der Waals surface area (Å²) in [5.41, 5.74) is 8.50. The van der Waals surface area contributed by atoms with Crippen molar-refractivity contribution in [3.05, 3.63) is 64.1 Å². The van der Waals surface area contributed by atoms with Crippen LogP contribution in [0.5, 0.6) is 0 Å². The first-order valence-electron chi connectivity index (χ1n) is 5.96. The van der Waals surface area contributed by atoms with Crippen LogP contribution in [0.4, 0.5) is 5.69 Å². The maximum Gasteiger partial charge on any atom is 0.245 e. The van der Waals surface area contributed by atoms with Crippen molar-refractivity contribution in [1.82, 2.24) is 0 Å². The van der Waals surface area contributed by atoms with Crippen LogP contribution in [-0.2, 0) is 4.79 Å². The molecule has 0 aromatic heterocycles. The summed E-state index contributed by atoms with van der Waals surface area (Å²) in [5.74, 6) is -0.215. The van der Waals surface area contributed by atoms with E-state index in [1.54, 1.807) is 0 Å². The standard InChI is InChI=1S/C15H15BrN2O/c1-10-12(16)8-5-9-13(10)18-15(19)14(17)11-6-3-2-4-7-11/h2-9,14H,17H2,1H3,(H,18,19)/t14-/m1/s1. The molecular formula is C15H15BrN2O. The molecule has 0 radical (unpaired) electrons. The third kappa shape index (κ3) is 3.22. The van der Waals surface area contributed by atoms with Crippen molar-refractivity contribution in [3.63, 3.8) is 0 Å². The van der Waals surface area contributed by atoms with Gasteiger partial charge in [0.05, 0.1) is 0 Å². The topological polar surface area (TPSA) is 55.1 Å². The Balaban J connectivity index is 2.15. The largest absolute Gasteiger partial charge is 0.324 e. The van der Waals surface area contributed by atoms with Crippen LogP contribution in [0.25, 0.3) is 0 Å². The molecule has 0 unspecified atom stereocenters. The first-order valence-corrected chi connectivity index (χ1v) is 6.75. The van der Waals surface area contributed by atoms with Gasteiger partial charge in [0.1, 0.15) is 6.04 Å². The summed E-state index contributed by atoms with van der Waals surface area (Å²) in [6, 6.07) is 14.3. The predicted octanol–water partition coefficient (Wildman–Crippen LogP) is 3.40. The number of carbonyl (C=O) groups is 1. The highest BCUT2D eigenvalue weighted by molar-refractivity contribution is 9.10. The average Bonchev–Trinajstić information content (AvgIpc) is 2.44. The van der Waals surface area contributed by atoms with Crippen molar-refractivity contribution in [3.8, 4) is 0 Å². The third-order valence-corrected chi connectivity index (χ3v) is 3.83. The Bertz CT molecular complexity index is 584. The van der Waals surface area contributed by atoms with Gasteiger partial charge in [-0.1, -0.05) is 52.3 Å². The van der Waals surface area contributed by atoms with Crippen molar-refractivity contribution < 1.29 is 4.79 Å². The Morgan fingerprint density at radius 3 is 2.53 bits per heavy atom. The van der Waals surface area contributed by atoms with E-state index in [4.69, 9.17) is 5.73 Å². The van der Waals surface area contributed by atoms with E-state index in [1.807, 2.05) is 55.5 Å². The number of halogens is 1. The Morgan fingerprint density at radius 2 is 1.84 bits per heavy atom. The SMILES string of the molecule is Cc1c(Br)cccc1NC(=O)[C@H](N)c1ccccc1. The van der Waals surface area contributed by atoms with E-state index in [0.29, 0.717) is 0 Å². The summed E-state index contributed by atoms with van der Waals surface area (Å²) < 4.78 is 0.957. The van der Waals surface area contributed by atoms with E-state index in [0.717, 1.165) is 21.3 Å². The van der Waals surface area contributed by atoms with Gasteiger partial charge in [-0.15, -0.1) is 0 Å². The Labute approximate surface area is 121 Å². The Kier molecular flexibility index (Phi) is 4.35. The molecule has 1 amide bonds. The molecule has 2 rings (SSSR count). The second-order valence-electron chi connectivity index (χ2n) is 4.29. The van der Waals surface area contributed by atoms with E-state index in [-0.39, 0.29) is 5.91 Å². The van der Waals surface area contributed by atoms with Crippen molar-refractivity contribution in [2.45, 2.75) is 13.0 Å². The monoisotopic (exact) mass is 318 g/mol. The fraction of sp³-hybridized carbons (Fsp3) is 0.133. The van der Waals surface area contributed by atoms with Crippen LogP contribution in [0.1, 0.15) is 17.2 Å². The highest BCUT2D eigenvalue weighted by Crippen LogP contribution is 2.24. The number of rotatable bonds is 3. The number of nitrogens with two attached hydrogens (primary N) is 1. The molecule has 0 saturated carbocycles. The Morgan fingerprint density at radius 1 is 1.16 bits per heavy atom. The molecule has 0 bridgehead atoms. The van der Waals surface area contributed by atoms with Gasteiger partial charge >= 0.3 is 0 Å². The molecule has 0 aliphatic carbocycles. The molecule has 2 aromatic carbocycles. The lowest BCUT2D eigenvalue weighted by Crippen LogP contribution is -2.27. The summed E-state index contributed by atoms with van der Waals surface area (Å²) in [6.45, 7) is 1.94. The molecule has 0 aliphatic heterocycles. The van der Waals surface area contributed by atoms with E-state index < -0.39 is 6.04 Å². The van der Waals surface area contributed by atoms with Gasteiger partial charge in [-0.05, 0) is 30.2 Å². The van der Waals surface area contributed by atoms with Gasteiger partial charge in [0.15, 0.2) is 0 Å². The maximum atomic E-state index is 12.1. The summed E-state index contributed by atoms with van der Waals surface area (Å²) in [4.78, 5) is 12.1. The van der Waals surface area contributed by atoms with Crippen LogP contribution in [0.2, 0.25) is 0 Å². The fourth-order valence-electron chi connectivity index (χ4n) is 1.77. The summed E-state index contributed by atoms with van der Waals surface area (Å²) >= 11 is 3.44. The number of benzene rings is 2. The van der Waals surface area contributed by atoms with Crippen molar-refractivity contribution in [2.75, 3.05) is 5.32 Å². The first-order chi connectivity index (χ1) is 9.09. The van der Waals surface area contributed by atoms with Gasteiger partial charge in [-0.25, -0.2) is 0 Å². The van der Waals surface area contributed by atoms with E-state index >= 15 is 0 Å². The van der Waals surface area contributed by atoms with Crippen LogP contribution in [0.3, 0.4) is 0 Å². The molecule has 0 heterocycles. The second-order valence-corrected chi connectivity index (χ2v) is 5.14. The predicted molar refractivity (Wildman–Crippen MR) is 80.9 cm³/mol. The first kappa shape index (κ1) is 13.8. The molecule has 4 heteroatoms. The van der Waals surface area contributed by atoms with E-state index in [9.17, 15) is 4.79 Å². The molecule has 0 aliphatic rings. The zero-order valence-electron chi connectivity index (χ0n) is 10.6. The lowest BCUT2D eigenvalue weighted by molar-refractivity contribution is -0.117. The molecule has 3 N–H and O–H groups in total. The number of hydrogen-bond acceptors (Lipinski definition) is 2. The smallest absolute Gasteiger partial charge is 0.245 e. The molecule has 1 atom stereocenters. The highest BCUT2D eigenvalue weighted by Gasteiger charge is 2.16. The number of hydrogen-bond donors (Lipinski definition) is 2. The molecule has 2 aromatic rings. The number of nitrogens with one attached hydrogen (secondary N) is 1. The summed E-state index contributed by atoms with van der Waals surface area (Å²) in [6.07, 6.45) is 0. The number of anilines is 1. The van der Waals surface area contributed by atoms with Crippen molar-refractivity contribution in [1.29, 1.82) is 0 Å². The molecule has 0 fully saturated rings. The molecule has 98 valence electrons. The van der Waals surface area contributed by atoms with Crippen molar-refractivity contribution in [2.24, 2.45) is 5.73 Å². The van der Waals surface area contributed by atoms with Gasteiger partial charge in [-0.2, -0.15) is 0 Å². The maximum absolute atomic E-state index is 12.1. The zero-order valence-corrected chi connectivity index (χ0v) is 12.1. The number of carbonyl (C=O) groups excluding carboxylic acids is 1. The Hall–Kier alpha value is -1.65. The molecule has 3 nitrogen and oxygen atoms in total. The molecular weight excluding hydrogens is 304 g/mol. The minimum absolute atomic E-state index is 0.215. The third-order valence-electron chi connectivity index (χ3n) is 2.97. The van der Waals surface area contributed by atoms with Gasteiger partial charge in [0, 0.05) is 10.2 Å². The van der Waals surface area contributed by atoms with Crippen LogP contribution in [-0.4, -0.2) is 5.91 Å². The zero-order chi connectivity index (χ0) is 13.8. The highest BCUT2D eigenvalue weighted by atomic mass is 79.9. The van der Waals surface area contributed by atoms with Crippen molar-refractivity contribution >= 4 is 27.5 Å². The molecule has 0 saturated heterocycles. The van der Waals surface area contributed by atoms with Gasteiger partial charge < -0.3 is 11.1 Å². The number of amides is 1. The second kappa shape index (κ2) is 5.99. The summed E-state index contributed by atoms with van der Waals surface area (Å²) in [7, 11) is 0. The fourth-order valence-corrected chi connectivity index (χ4v) is 2.13. The lowest BCUT2D eigenvalue weighted by Gasteiger charge is -2.14. The average molecular weight is 319 g/mol. The van der Waals surface area contributed by atoms with Crippen LogP contribution < -0.4 is 11.1 Å². The molecule has 0 spiro atoms. The van der Waals surface area contributed by atoms with Gasteiger partial charge in [-0.3, -0.25) is 4.79 Å².